The largest absolute Gasteiger partial charge is 0.330 e. The van der Waals surface area contributed by atoms with Gasteiger partial charge in [-0.3, -0.25) is 19.0 Å². The summed E-state index contributed by atoms with van der Waals surface area (Å²) in [6.45, 7) is 8.30. The van der Waals surface area contributed by atoms with E-state index >= 15 is 0 Å². The molecule has 0 spiro atoms. The van der Waals surface area contributed by atoms with Crippen LogP contribution in [0.25, 0.3) is 17.2 Å². The van der Waals surface area contributed by atoms with Gasteiger partial charge in [-0.15, -0.1) is 0 Å². The average molecular weight is 574 g/mol. The summed E-state index contributed by atoms with van der Waals surface area (Å²) in [5.41, 5.74) is 4.47. The van der Waals surface area contributed by atoms with Crippen molar-refractivity contribution in [2.24, 2.45) is 0 Å². The molecule has 3 heterocycles. The van der Waals surface area contributed by atoms with Crippen molar-refractivity contribution in [2.45, 2.75) is 53.2 Å². The maximum atomic E-state index is 14.0. The normalized spacial score (nSPS) is 14.9. The lowest BCUT2D eigenvalue weighted by Crippen LogP contribution is -2.46. The number of imidazole rings is 1. The standard InChI is InChI=1S/C29H28BrN5O3/c1-5-33-16-31-14-26(33)27-32-25-15-34(28(37)21-8-11-24(30)17(2)12-21)18(3)13-23(25)29(38)35(27)22-9-6-20(7-10-22)19(4)36/h6-12,14,16,18H,5,13,15H2,1-4H3. The van der Waals surface area contributed by atoms with Gasteiger partial charge in [0, 0.05) is 33.7 Å². The number of hydrogen-bond acceptors (Lipinski definition) is 5. The lowest BCUT2D eigenvalue weighted by atomic mass is 9.98. The molecule has 0 saturated carbocycles. The van der Waals surface area contributed by atoms with E-state index in [1.54, 1.807) is 46.3 Å². The molecule has 1 aliphatic heterocycles. The summed E-state index contributed by atoms with van der Waals surface area (Å²) in [5, 5.41) is 0. The second-order valence-electron chi connectivity index (χ2n) is 9.62. The minimum Gasteiger partial charge on any atom is -0.330 e. The van der Waals surface area contributed by atoms with E-state index in [2.05, 4.69) is 20.9 Å². The zero-order valence-electron chi connectivity index (χ0n) is 21.7. The van der Waals surface area contributed by atoms with Gasteiger partial charge in [-0.05, 0) is 82.1 Å². The zero-order valence-corrected chi connectivity index (χ0v) is 23.3. The van der Waals surface area contributed by atoms with Gasteiger partial charge in [0.2, 0.25) is 0 Å². The fraction of sp³-hybridized carbons (Fsp3) is 0.276. The van der Waals surface area contributed by atoms with Gasteiger partial charge in [-0.2, -0.15) is 0 Å². The second-order valence-corrected chi connectivity index (χ2v) is 10.5. The number of fused-ring (bicyclic) bond motifs is 1. The van der Waals surface area contributed by atoms with Crippen LogP contribution in [0.1, 0.15) is 58.3 Å². The minimum atomic E-state index is -0.186. The highest BCUT2D eigenvalue weighted by Crippen LogP contribution is 2.27. The molecule has 0 fully saturated rings. The molecule has 0 N–H and O–H groups in total. The van der Waals surface area contributed by atoms with Crippen LogP contribution in [0.2, 0.25) is 0 Å². The maximum Gasteiger partial charge on any atom is 0.261 e. The molecule has 194 valence electrons. The molecule has 1 atom stereocenters. The van der Waals surface area contributed by atoms with Crippen LogP contribution in [0.4, 0.5) is 0 Å². The molecule has 2 aromatic carbocycles. The lowest BCUT2D eigenvalue weighted by molar-refractivity contribution is 0.0653. The van der Waals surface area contributed by atoms with Crippen molar-refractivity contribution in [1.29, 1.82) is 0 Å². The molecular formula is C29H28BrN5O3. The maximum absolute atomic E-state index is 14.0. The Balaban J connectivity index is 1.64. The highest BCUT2D eigenvalue weighted by molar-refractivity contribution is 9.10. The number of hydrogen-bond donors (Lipinski definition) is 0. The number of carbonyl (C=O) groups is 2. The van der Waals surface area contributed by atoms with Gasteiger partial charge in [0.1, 0.15) is 5.69 Å². The Morgan fingerprint density at radius 1 is 1.11 bits per heavy atom. The molecule has 2 aromatic heterocycles. The van der Waals surface area contributed by atoms with Crippen molar-refractivity contribution in [3.05, 3.63) is 97.8 Å². The third-order valence-corrected chi connectivity index (χ3v) is 7.98. The van der Waals surface area contributed by atoms with E-state index in [0.717, 1.165) is 10.0 Å². The first-order valence-electron chi connectivity index (χ1n) is 12.5. The number of ketones is 1. The number of aryl methyl sites for hydroxylation is 2. The molecule has 5 rings (SSSR count). The van der Waals surface area contributed by atoms with Crippen molar-refractivity contribution >= 4 is 27.6 Å². The number of nitrogens with zero attached hydrogens (tertiary/aromatic N) is 5. The molecule has 1 unspecified atom stereocenters. The van der Waals surface area contributed by atoms with E-state index in [1.807, 2.05) is 43.5 Å². The smallest absolute Gasteiger partial charge is 0.261 e. The van der Waals surface area contributed by atoms with Gasteiger partial charge in [-0.25, -0.2) is 9.97 Å². The lowest BCUT2D eigenvalue weighted by Gasteiger charge is -2.34. The van der Waals surface area contributed by atoms with E-state index < -0.39 is 0 Å². The second kappa shape index (κ2) is 10.1. The van der Waals surface area contributed by atoms with Gasteiger partial charge in [0.05, 0.1) is 30.5 Å². The fourth-order valence-corrected chi connectivity index (χ4v) is 5.14. The third kappa shape index (κ3) is 4.51. The van der Waals surface area contributed by atoms with Gasteiger partial charge in [0.15, 0.2) is 11.6 Å². The summed E-state index contributed by atoms with van der Waals surface area (Å²) < 4.78 is 4.46. The number of Topliss-reactive ketones (excluding diaryl/α,β-unsaturated/α-hetero) is 1. The van der Waals surface area contributed by atoms with E-state index in [-0.39, 0.29) is 29.8 Å². The molecule has 9 heteroatoms. The third-order valence-electron chi connectivity index (χ3n) is 7.09. The first-order chi connectivity index (χ1) is 18.2. The van der Waals surface area contributed by atoms with Crippen molar-refractivity contribution in [2.75, 3.05) is 0 Å². The predicted octanol–water partition coefficient (Wildman–Crippen LogP) is 4.98. The molecule has 4 aromatic rings. The highest BCUT2D eigenvalue weighted by Gasteiger charge is 2.32. The van der Waals surface area contributed by atoms with Gasteiger partial charge in [0.25, 0.3) is 11.5 Å². The SMILES string of the molecule is CCn1cncc1-c1nc2c(c(=O)n1-c1ccc(C(C)=O)cc1)CC(C)N(C(=O)c1ccc(Br)c(C)c1)C2. The Morgan fingerprint density at radius 2 is 1.82 bits per heavy atom. The fourth-order valence-electron chi connectivity index (χ4n) is 4.89. The predicted molar refractivity (Wildman–Crippen MR) is 149 cm³/mol. The van der Waals surface area contributed by atoms with Crippen molar-refractivity contribution < 1.29 is 9.59 Å². The van der Waals surface area contributed by atoms with Gasteiger partial charge in [-0.1, -0.05) is 15.9 Å². The van der Waals surface area contributed by atoms with E-state index in [0.29, 0.717) is 52.6 Å². The number of amides is 1. The molecule has 38 heavy (non-hydrogen) atoms. The molecule has 0 saturated heterocycles. The van der Waals surface area contributed by atoms with Crippen LogP contribution in [0.15, 0.2) is 64.3 Å². The first-order valence-corrected chi connectivity index (χ1v) is 13.3. The van der Waals surface area contributed by atoms with Crippen LogP contribution in [0.5, 0.6) is 0 Å². The van der Waals surface area contributed by atoms with Crippen LogP contribution in [-0.4, -0.2) is 41.7 Å². The molecule has 0 aliphatic carbocycles. The number of aromatic nitrogens is 4. The average Bonchev–Trinajstić information content (AvgIpc) is 3.39. The molecule has 1 amide bonds. The van der Waals surface area contributed by atoms with Gasteiger partial charge < -0.3 is 9.47 Å². The summed E-state index contributed by atoms with van der Waals surface area (Å²) in [6.07, 6.45) is 3.79. The molecule has 0 bridgehead atoms. The summed E-state index contributed by atoms with van der Waals surface area (Å²) in [7, 11) is 0. The van der Waals surface area contributed by atoms with Crippen LogP contribution >= 0.6 is 15.9 Å². The summed E-state index contributed by atoms with van der Waals surface area (Å²) in [5.74, 6) is 0.311. The summed E-state index contributed by atoms with van der Waals surface area (Å²) >= 11 is 3.50. The zero-order chi connectivity index (χ0) is 27.1. The van der Waals surface area contributed by atoms with Crippen LogP contribution in [0, 0.1) is 6.92 Å². The Kier molecular flexibility index (Phi) is 6.88. The summed E-state index contributed by atoms with van der Waals surface area (Å²) in [4.78, 5) is 50.4. The number of benzene rings is 2. The van der Waals surface area contributed by atoms with Crippen molar-refractivity contribution in [3.8, 4) is 17.2 Å². The monoisotopic (exact) mass is 573 g/mol. The minimum absolute atomic E-state index is 0.0451. The first kappa shape index (κ1) is 25.8. The Labute approximate surface area is 229 Å². The Bertz CT molecular complexity index is 1620. The van der Waals surface area contributed by atoms with Crippen molar-refractivity contribution in [1.82, 2.24) is 24.0 Å². The highest BCUT2D eigenvalue weighted by atomic mass is 79.9. The van der Waals surface area contributed by atoms with Crippen LogP contribution < -0.4 is 5.56 Å². The molecule has 8 nitrogen and oxygen atoms in total. The Morgan fingerprint density at radius 3 is 2.47 bits per heavy atom. The number of halogens is 1. The summed E-state index contributed by atoms with van der Waals surface area (Å²) in [6, 6.07) is 12.3. The van der Waals surface area contributed by atoms with Crippen LogP contribution in [-0.2, 0) is 19.5 Å². The Hall–Kier alpha value is -3.85. The molecule has 0 radical (unpaired) electrons. The van der Waals surface area contributed by atoms with E-state index in [4.69, 9.17) is 4.98 Å². The number of carbonyl (C=O) groups excluding carboxylic acids is 2. The number of rotatable bonds is 5. The van der Waals surface area contributed by atoms with Gasteiger partial charge >= 0.3 is 0 Å². The van der Waals surface area contributed by atoms with E-state index in [1.165, 1.54) is 6.92 Å². The van der Waals surface area contributed by atoms with Crippen LogP contribution in [0.3, 0.4) is 0 Å². The van der Waals surface area contributed by atoms with E-state index in [9.17, 15) is 14.4 Å². The quantitative estimate of drug-likeness (QED) is 0.314. The molecular weight excluding hydrogens is 546 g/mol. The topological polar surface area (TPSA) is 90.1 Å². The van der Waals surface area contributed by atoms with Crippen molar-refractivity contribution in [3.63, 3.8) is 0 Å². The molecule has 1 aliphatic rings.